The number of anilines is 1. The molecule has 0 aliphatic heterocycles. The first-order valence-electron chi connectivity index (χ1n) is 8.78. The van der Waals surface area contributed by atoms with Crippen LogP contribution in [0.2, 0.25) is 0 Å². The number of aryl methyl sites for hydroxylation is 2. The van der Waals surface area contributed by atoms with Gasteiger partial charge in [-0.25, -0.2) is 9.97 Å². The number of rotatable bonds is 5. The molecule has 134 valence electrons. The van der Waals surface area contributed by atoms with Crippen molar-refractivity contribution < 1.29 is 4.79 Å². The minimum Gasteiger partial charge on any atom is -0.355 e. The molecule has 7 nitrogen and oxygen atoms in total. The Morgan fingerprint density at radius 2 is 2.00 bits per heavy atom. The van der Waals surface area contributed by atoms with Gasteiger partial charge in [-0.2, -0.15) is 5.10 Å². The highest BCUT2D eigenvalue weighted by Gasteiger charge is 2.23. The maximum atomic E-state index is 12.1. The summed E-state index contributed by atoms with van der Waals surface area (Å²) in [4.78, 5) is 23.2. The van der Waals surface area contributed by atoms with Gasteiger partial charge in [0.1, 0.15) is 11.6 Å². The van der Waals surface area contributed by atoms with Gasteiger partial charge >= 0.3 is 0 Å². The van der Waals surface area contributed by atoms with Crippen LogP contribution in [0, 0.1) is 6.92 Å². The van der Waals surface area contributed by atoms with E-state index >= 15 is 0 Å². The van der Waals surface area contributed by atoms with Crippen LogP contribution in [0.15, 0.2) is 30.5 Å². The fourth-order valence-electron chi connectivity index (χ4n) is 3.01. The van der Waals surface area contributed by atoms with Crippen molar-refractivity contribution in [1.29, 1.82) is 0 Å². The fourth-order valence-corrected chi connectivity index (χ4v) is 3.01. The van der Waals surface area contributed by atoms with E-state index in [4.69, 9.17) is 0 Å². The molecule has 1 fully saturated rings. The molecule has 4 rings (SSSR count). The highest BCUT2D eigenvalue weighted by molar-refractivity contribution is 5.94. The third-order valence-electron chi connectivity index (χ3n) is 4.59. The van der Waals surface area contributed by atoms with Gasteiger partial charge in [0.15, 0.2) is 5.65 Å². The predicted molar refractivity (Wildman–Crippen MR) is 100 cm³/mol. The van der Waals surface area contributed by atoms with Gasteiger partial charge in [-0.05, 0) is 37.5 Å². The minimum absolute atomic E-state index is 0.0101. The molecule has 7 heteroatoms. The van der Waals surface area contributed by atoms with Crippen LogP contribution in [-0.2, 0) is 13.6 Å². The molecule has 3 aromatic rings. The molecule has 0 spiro atoms. The summed E-state index contributed by atoms with van der Waals surface area (Å²) in [5.74, 6) is 1.59. The van der Waals surface area contributed by atoms with Crippen LogP contribution in [0.5, 0.6) is 0 Å². The van der Waals surface area contributed by atoms with Crippen molar-refractivity contribution in [2.45, 2.75) is 32.4 Å². The van der Waals surface area contributed by atoms with Crippen molar-refractivity contribution in [2.24, 2.45) is 7.05 Å². The van der Waals surface area contributed by atoms with Gasteiger partial charge in [-0.15, -0.1) is 0 Å². The van der Waals surface area contributed by atoms with Gasteiger partial charge in [0.25, 0.3) is 5.91 Å². The van der Waals surface area contributed by atoms with E-state index in [0.29, 0.717) is 18.2 Å². The summed E-state index contributed by atoms with van der Waals surface area (Å²) in [7, 11) is 3.88. The molecule has 2 aromatic heterocycles. The van der Waals surface area contributed by atoms with E-state index in [1.807, 2.05) is 45.3 Å². The molecule has 1 aliphatic rings. The standard InChI is InChI=1S/C19H22N6O/c1-12-21-17(16-10-20-25(3)18(16)22-12)24(2)11-13-4-6-14(7-5-13)19(26)23-15-8-9-15/h4-7,10,15H,8-9,11H2,1-3H3,(H,23,26). The van der Waals surface area contributed by atoms with Gasteiger partial charge < -0.3 is 10.2 Å². The molecule has 0 radical (unpaired) electrons. The Labute approximate surface area is 152 Å². The number of hydrogen-bond donors (Lipinski definition) is 1. The molecule has 0 saturated heterocycles. The van der Waals surface area contributed by atoms with Gasteiger partial charge in [-0.1, -0.05) is 12.1 Å². The Morgan fingerprint density at radius 3 is 2.69 bits per heavy atom. The molecular formula is C19H22N6O. The second-order valence-electron chi connectivity index (χ2n) is 6.90. The van der Waals surface area contributed by atoms with Crippen LogP contribution in [-0.4, -0.2) is 38.7 Å². The summed E-state index contributed by atoms with van der Waals surface area (Å²) < 4.78 is 1.76. The van der Waals surface area contributed by atoms with Gasteiger partial charge in [-0.3, -0.25) is 9.48 Å². The SMILES string of the molecule is Cc1nc(N(C)Cc2ccc(C(=O)NC3CC3)cc2)c2cnn(C)c2n1. The summed E-state index contributed by atoms with van der Waals surface area (Å²) in [6, 6.07) is 8.12. The lowest BCUT2D eigenvalue weighted by molar-refractivity contribution is 0.0951. The molecule has 1 aromatic carbocycles. The smallest absolute Gasteiger partial charge is 0.251 e. The van der Waals surface area contributed by atoms with Crippen molar-refractivity contribution in [1.82, 2.24) is 25.1 Å². The molecule has 26 heavy (non-hydrogen) atoms. The van der Waals surface area contributed by atoms with Crippen LogP contribution >= 0.6 is 0 Å². The zero-order chi connectivity index (χ0) is 18.3. The molecule has 0 atom stereocenters. The Balaban J connectivity index is 1.53. The van der Waals surface area contributed by atoms with Crippen molar-refractivity contribution in [3.63, 3.8) is 0 Å². The lowest BCUT2D eigenvalue weighted by Crippen LogP contribution is -2.25. The predicted octanol–water partition coefficient (Wildman–Crippen LogP) is 2.20. The number of carbonyl (C=O) groups excluding carboxylic acids is 1. The number of nitrogens with one attached hydrogen (secondary N) is 1. The Hall–Kier alpha value is -2.96. The number of aromatic nitrogens is 4. The zero-order valence-electron chi connectivity index (χ0n) is 15.2. The highest BCUT2D eigenvalue weighted by Crippen LogP contribution is 2.24. The summed E-state index contributed by atoms with van der Waals surface area (Å²) >= 11 is 0. The molecule has 0 unspecified atom stereocenters. The van der Waals surface area contributed by atoms with Crippen molar-refractivity contribution in [3.05, 3.63) is 47.4 Å². The van der Waals surface area contributed by atoms with Gasteiger partial charge in [0, 0.05) is 32.2 Å². The lowest BCUT2D eigenvalue weighted by Gasteiger charge is -2.19. The van der Waals surface area contributed by atoms with Gasteiger partial charge in [0.2, 0.25) is 0 Å². The quantitative estimate of drug-likeness (QED) is 0.763. The first-order valence-corrected chi connectivity index (χ1v) is 8.78. The molecule has 2 heterocycles. The number of carbonyl (C=O) groups is 1. The Bertz CT molecular complexity index is 958. The number of hydrogen-bond acceptors (Lipinski definition) is 5. The minimum atomic E-state index is 0.0101. The summed E-state index contributed by atoms with van der Waals surface area (Å²) in [6.45, 7) is 2.57. The average Bonchev–Trinajstić information content (AvgIpc) is 3.36. The van der Waals surface area contributed by atoms with E-state index < -0.39 is 0 Å². The van der Waals surface area contributed by atoms with E-state index in [0.717, 1.165) is 41.1 Å². The number of amides is 1. The molecule has 1 aliphatic carbocycles. The van der Waals surface area contributed by atoms with E-state index in [2.05, 4.69) is 25.3 Å². The van der Waals surface area contributed by atoms with E-state index in [1.165, 1.54) is 0 Å². The topological polar surface area (TPSA) is 75.9 Å². The maximum absolute atomic E-state index is 12.1. The van der Waals surface area contributed by atoms with Gasteiger partial charge in [0.05, 0.1) is 11.6 Å². The first-order chi connectivity index (χ1) is 12.5. The van der Waals surface area contributed by atoms with E-state index in [-0.39, 0.29) is 5.91 Å². The van der Waals surface area contributed by atoms with Crippen molar-refractivity contribution in [3.8, 4) is 0 Å². The van der Waals surface area contributed by atoms with Crippen LogP contribution in [0.3, 0.4) is 0 Å². The van der Waals surface area contributed by atoms with Crippen molar-refractivity contribution >= 4 is 22.8 Å². The van der Waals surface area contributed by atoms with E-state index in [1.54, 1.807) is 10.9 Å². The summed E-state index contributed by atoms with van der Waals surface area (Å²) in [5.41, 5.74) is 2.64. The van der Waals surface area contributed by atoms with Crippen LogP contribution in [0.25, 0.3) is 11.0 Å². The number of nitrogens with zero attached hydrogens (tertiary/aromatic N) is 5. The highest BCUT2D eigenvalue weighted by atomic mass is 16.1. The monoisotopic (exact) mass is 350 g/mol. The molecule has 1 saturated carbocycles. The molecule has 1 amide bonds. The lowest BCUT2D eigenvalue weighted by atomic mass is 10.1. The third kappa shape index (κ3) is 3.24. The maximum Gasteiger partial charge on any atom is 0.251 e. The van der Waals surface area contributed by atoms with E-state index in [9.17, 15) is 4.79 Å². The normalized spacial score (nSPS) is 13.8. The molecule has 0 bridgehead atoms. The second-order valence-corrected chi connectivity index (χ2v) is 6.90. The number of benzene rings is 1. The zero-order valence-corrected chi connectivity index (χ0v) is 15.2. The number of fused-ring (bicyclic) bond motifs is 1. The summed E-state index contributed by atoms with van der Waals surface area (Å²) in [5, 5.41) is 8.23. The van der Waals surface area contributed by atoms with Crippen molar-refractivity contribution in [2.75, 3.05) is 11.9 Å². The largest absolute Gasteiger partial charge is 0.355 e. The Morgan fingerprint density at radius 1 is 1.27 bits per heavy atom. The van der Waals surface area contributed by atoms with Crippen LogP contribution < -0.4 is 10.2 Å². The first kappa shape index (κ1) is 16.5. The second kappa shape index (κ2) is 6.40. The fraction of sp³-hybridized carbons (Fsp3) is 0.368. The Kier molecular flexibility index (Phi) is 4.06. The van der Waals surface area contributed by atoms with Crippen LogP contribution in [0.4, 0.5) is 5.82 Å². The van der Waals surface area contributed by atoms with Crippen LogP contribution in [0.1, 0.15) is 34.6 Å². The average molecular weight is 350 g/mol. The molecule has 1 N–H and O–H groups in total. The third-order valence-corrected chi connectivity index (χ3v) is 4.59. The molecular weight excluding hydrogens is 328 g/mol. The summed E-state index contributed by atoms with van der Waals surface area (Å²) in [6.07, 6.45) is 3.98.